The van der Waals surface area contributed by atoms with Crippen LogP contribution in [-0.2, 0) is 4.79 Å². The molecule has 5 rings (SSSR count). The number of nitrogens with zero attached hydrogens (tertiary/aromatic N) is 1. The number of para-hydroxylation sites is 2. The predicted octanol–water partition coefficient (Wildman–Crippen LogP) is 5.94. The number of nitro groups is 1. The molecule has 0 bridgehead atoms. The summed E-state index contributed by atoms with van der Waals surface area (Å²) < 4.78 is 5.21. The molecule has 3 aromatic carbocycles. The van der Waals surface area contributed by atoms with Crippen molar-refractivity contribution in [2.75, 3.05) is 17.7 Å². The van der Waals surface area contributed by atoms with E-state index < -0.39 is 22.4 Å². The molecular formula is C26H22ClN3O5. The maximum atomic E-state index is 13.7. The third-order valence-electron chi connectivity index (χ3n) is 6.48. The molecule has 0 saturated heterocycles. The molecule has 3 aromatic rings. The largest absolute Gasteiger partial charge is 0.500 e. The van der Waals surface area contributed by atoms with Crippen LogP contribution in [0.1, 0.15) is 35.9 Å². The van der Waals surface area contributed by atoms with Crippen LogP contribution in [0.15, 0.2) is 71.9 Å². The Bertz CT molecular complexity index is 1390. The van der Waals surface area contributed by atoms with Crippen LogP contribution >= 0.6 is 11.6 Å². The summed E-state index contributed by atoms with van der Waals surface area (Å²) in [6.45, 7) is 0. The number of halogens is 1. The zero-order valence-corrected chi connectivity index (χ0v) is 19.5. The molecule has 0 spiro atoms. The minimum atomic E-state index is -0.700. The van der Waals surface area contributed by atoms with Crippen LogP contribution in [0.4, 0.5) is 17.1 Å². The van der Waals surface area contributed by atoms with E-state index in [0.717, 1.165) is 22.6 Å². The summed E-state index contributed by atoms with van der Waals surface area (Å²) >= 11 is 6.45. The number of allylic oxidation sites excluding steroid dienone is 1. The topological polar surface area (TPSA) is 114 Å². The highest BCUT2D eigenvalue weighted by Crippen LogP contribution is 2.47. The number of hydrogen-bond donors (Lipinski definition) is 3. The Morgan fingerprint density at radius 1 is 1.09 bits per heavy atom. The fourth-order valence-corrected chi connectivity index (χ4v) is 5.13. The zero-order valence-electron chi connectivity index (χ0n) is 18.7. The Labute approximate surface area is 206 Å². The first-order valence-corrected chi connectivity index (χ1v) is 11.4. The molecule has 1 heterocycles. The number of aromatic hydroxyl groups is 1. The smallest absolute Gasteiger partial charge is 0.315 e. The molecule has 2 atom stereocenters. The van der Waals surface area contributed by atoms with E-state index in [2.05, 4.69) is 10.6 Å². The van der Waals surface area contributed by atoms with Gasteiger partial charge in [0.2, 0.25) is 5.75 Å². The van der Waals surface area contributed by atoms with Crippen molar-refractivity contribution in [1.82, 2.24) is 0 Å². The van der Waals surface area contributed by atoms with Gasteiger partial charge in [0.25, 0.3) is 0 Å². The second kappa shape index (κ2) is 8.96. The van der Waals surface area contributed by atoms with Gasteiger partial charge in [-0.05, 0) is 47.7 Å². The van der Waals surface area contributed by atoms with Crippen molar-refractivity contribution in [3.63, 3.8) is 0 Å². The molecule has 2 aliphatic rings. The highest BCUT2D eigenvalue weighted by molar-refractivity contribution is 6.31. The fourth-order valence-electron chi connectivity index (χ4n) is 4.84. The van der Waals surface area contributed by atoms with Gasteiger partial charge in [-0.15, -0.1) is 0 Å². The van der Waals surface area contributed by atoms with Gasteiger partial charge in [0.15, 0.2) is 11.5 Å². The van der Waals surface area contributed by atoms with Crippen LogP contribution in [0.2, 0.25) is 5.02 Å². The number of phenolic OH excluding ortho intramolecular Hbond substituents is 1. The van der Waals surface area contributed by atoms with Crippen molar-refractivity contribution in [2.24, 2.45) is 0 Å². The van der Waals surface area contributed by atoms with Crippen molar-refractivity contribution in [1.29, 1.82) is 0 Å². The van der Waals surface area contributed by atoms with E-state index in [-0.39, 0.29) is 23.9 Å². The quantitative estimate of drug-likeness (QED) is 0.305. The number of nitrogens with one attached hydrogen (secondary N) is 2. The van der Waals surface area contributed by atoms with Gasteiger partial charge < -0.3 is 20.5 Å². The van der Waals surface area contributed by atoms with Gasteiger partial charge >= 0.3 is 5.69 Å². The predicted molar refractivity (Wildman–Crippen MR) is 133 cm³/mol. The van der Waals surface area contributed by atoms with Crippen LogP contribution in [0.3, 0.4) is 0 Å². The number of ketones is 1. The lowest BCUT2D eigenvalue weighted by Gasteiger charge is -2.30. The van der Waals surface area contributed by atoms with Crippen molar-refractivity contribution < 1.29 is 19.6 Å². The van der Waals surface area contributed by atoms with Crippen LogP contribution in [-0.4, -0.2) is 22.9 Å². The molecule has 9 heteroatoms. The molecule has 0 fully saturated rings. The third-order valence-corrected chi connectivity index (χ3v) is 6.83. The second-order valence-electron chi connectivity index (χ2n) is 8.54. The fraction of sp³-hybridized carbons (Fsp3) is 0.192. The number of methoxy groups -OCH3 is 1. The maximum Gasteiger partial charge on any atom is 0.315 e. The van der Waals surface area contributed by atoms with Crippen LogP contribution in [0.25, 0.3) is 0 Å². The van der Waals surface area contributed by atoms with E-state index >= 15 is 0 Å². The molecule has 1 aliphatic heterocycles. The average molecular weight is 492 g/mol. The van der Waals surface area contributed by atoms with E-state index in [4.69, 9.17) is 16.3 Å². The summed E-state index contributed by atoms with van der Waals surface area (Å²) in [4.78, 5) is 24.6. The molecule has 0 unspecified atom stereocenters. The molecule has 1 aliphatic carbocycles. The summed E-state index contributed by atoms with van der Waals surface area (Å²) in [5.74, 6) is -0.807. The van der Waals surface area contributed by atoms with Crippen LogP contribution in [0.5, 0.6) is 11.5 Å². The number of fused-ring (bicyclic) bond motifs is 1. The summed E-state index contributed by atoms with van der Waals surface area (Å²) in [5, 5.41) is 29.3. The number of carbonyl (C=O) groups is 1. The molecule has 0 radical (unpaired) electrons. The lowest BCUT2D eigenvalue weighted by atomic mass is 9.78. The number of anilines is 2. The molecule has 0 amide bonds. The molecule has 35 heavy (non-hydrogen) atoms. The van der Waals surface area contributed by atoms with Gasteiger partial charge in [-0.25, -0.2) is 0 Å². The second-order valence-corrected chi connectivity index (χ2v) is 8.95. The van der Waals surface area contributed by atoms with Gasteiger partial charge in [0.1, 0.15) is 0 Å². The Morgan fingerprint density at radius 3 is 2.51 bits per heavy atom. The molecular weight excluding hydrogens is 470 g/mol. The normalized spacial score (nSPS) is 19.1. The molecule has 178 valence electrons. The molecule has 3 N–H and O–H groups in total. The Balaban J connectivity index is 1.67. The summed E-state index contributed by atoms with van der Waals surface area (Å²) in [7, 11) is 1.32. The molecule has 0 saturated carbocycles. The number of phenols is 1. The van der Waals surface area contributed by atoms with E-state index in [9.17, 15) is 20.0 Å². The first-order chi connectivity index (χ1) is 16.9. The van der Waals surface area contributed by atoms with Crippen LogP contribution in [0, 0.1) is 10.1 Å². The number of benzene rings is 3. The summed E-state index contributed by atoms with van der Waals surface area (Å²) in [6, 6.07) is 17.1. The number of hydrogen-bond acceptors (Lipinski definition) is 7. The van der Waals surface area contributed by atoms with Crippen LogP contribution < -0.4 is 15.4 Å². The number of rotatable bonds is 4. The van der Waals surface area contributed by atoms with Gasteiger partial charge in [-0.1, -0.05) is 41.9 Å². The van der Waals surface area contributed by atoms with Crippen molar-refractivity contribution in [2.45, 2.75) is 24.8 Å². The van der Waals surface area contributed by atoms with E-state index in [0.29, 0.717) is 22.6 Å². The SMILES string of the molecule is COc1cc([C@H]2Nc3ccccc3NC3=C2C(=O)C[C@@H](c2ccccc2Cl)C3)cc([N+](=O)[O-])c1O. The number of Topliss-reactive ketones (excluding diaryl/α,β-unsaturated/α-hetero) is 1. The van der Waals surface area contributed by atoms with Gasteiger partial charge in [-0.2, -0.15) is 0 Å². The minimum absolute atomic E-state index is 0.0409. The Hall–Kier alpha value is -4.04. The van der Waals surface area contributed by atoms with Gasteiger partial charge in [0, 0.05) is 28.8 Å². The number of ether oxygens (including phenoxy) is 1. The third kappa shape index (κ3) is 4.06. The number of nitro benzene ring substituents is 1. The summed E-state index contributed by atoms with van der Waals surface area (Å²) in [5.41, 5.74) is 3.58. The summed E-state index contributed by atoms with van der Waals surface area (Å²) in [6.07, 6.45) is 0.782. The Kier molecular flexibility index (Phi) is 5.82. The van der Waals surface area contributed by atoms with Gasteiger partial charge in [-0.3, -0.25) is 14.9 Å². The molecule has 0 aromatic heterocycles. The average Bonchev–Trinajstić information content (AvgIpc) is 3.01. The van der Waals surface area contributed by atoms with Crippen molar-refractivity contribution in [3.05, 3.63) is 98.2 Å². The van der Waals surface area contributed by atoms with E-state index in [1.54, 1.807) is 0 Å². The van der Waals surface area contributed by atoms with Gasteiger partial charge in [0.05, 0.1) is 29.4 Å². The van der Waals surface area contributed by atoms with Crippen molar-refractivity contribution in [3.8, 4) is 11.5 Å². The standard InChI is InChI=1S/C26H22ClN3O5/c1-35-23-13-15(11-21(26(23)32)30(33)34)25-24-20(28-18-8-4-5-9-19(18)29-25)10-14(12-22(24)31)16-6-2-3-7-17(16)27/h2-9,11,13-14,25,28-29,32H,10,12H2,1H3/t14-,25+/m0/s1. The monoisotopic (exact) mass is 491 g/mol. The van der Waals surface area contributed by atoms with E-state index in [1.165, 1.54) is 19.2 Å². The van der Waals surface area contributed by atoms with E-state index in [1.807, 2.05) is 48.5 Å². The maximum absolute atomic E-state index is 13.7. The lowest BCUT2D eigenvalue weighted by Crippen LogP contribution is -2.27. The highest BCUT2D eigenvalue weighted by Gasteiger charge is 2.37. The lowest BCUT2D eigenvalue weighted by molar-refractivity contribution is -0.386. The Morgan fingerprint density at radius 2 is 1.80 bits per heavy atom. The van der Waals surface area contributed by atoms with Crippen molar-refractivity contribution >= 4 is 34.4 Å². The highest BCUT2D eigenvalue weighted by atomic mass is 35.5. The zero-order chi connectivity index (χ0) is 24.7. The first kappa shape index (κ1) is 22.7. The molecule has 8 nitrogen and oxygen atoms in total. The first-order valence-electron chi connectivity index (χ1n) is 11.1. The minimum Gasteiger partial charge on any atom is -0.500 e. The number of carbonyl (C=O) groups excluding carboxylic acids is 1.